The monoisotopic (exact) mass is 421 g/mol. The van der Waals surface area contributed by atoms with Crippen LogP contribution < -0.4 is 10.1 Å². The van der Waals surface area contributed by atoms with E-state index < -0.39 is 0 Å². The number of nitrogens with zero attached hydrogens (tertiary/aromatic N) is 2. The van der Waals surface area contributed by atoms with Gasteiger partial charge in [0.15, 0.2) is 0 Å². The normalized spacial score (nSPS) is 16.4. The number of para-hydroxylation sites is 1. The van der Waals surface area contributed by atoms with E-state index in [0.29, 0.717) is 0 Å². The molecule has 0 aromatic heterocycles. The van der Waals surface area contributed by atoms with Crippen molar-refractivity contribution in [2.75, 3.05) is 45.1 Å². The van der Waals surface area contributed by atoms with Gasteiger partial charge in [-0.25, -0.2) is 0 Å². The van der Waals surface area contributed by atoms with Crippen LogP contribution in [0.25, 0.3) is 6.08 Å². The van der Waals surface area contributed by atoms with Crippen molar-refractivity contribution in [3.63, 3.8) is 0 Å². The third kappa shape index (κ3) is 7.53. The predicted octanol–water partition coefficient (Wildman–Crippen LogP) is 4.31. The maximum absolute atomic E-state index is 12.4. The van der Waals surface area contributed by atoms with Crippen molar-refractivity contribution in [3.05, 3.63) is 65.7 Å². The molecule has 1 heterocycles. The minimum atomic E-state index is -0.150. The van der Waals surface area contributed by atoms with E-state index in [0.717, 1.165) is 62.6 Å². The number of anilines is 1. The molecule has 1 amide bonds. The third-order valence-electron chi connectivity index (χ3n) is 5.77. The highest BCUT2D eigenvalue weighted by atomic mass is 16.5. The Bertz CT molecular complexity index is 855. The second kappa shape index (κ2) is 11.7. The van der Waals surface area contributed by atoms with Crippen LogP contribution in [0.3, 0.4) is 0 Å². The van der Waals surface area contributed by atoms with E-state index >= 15 is 0 Å². The summed E-state index contributed by atoms with van der Waals surface area (Å²) in [5.74, 6) is 0.647. The number of piperazine rings is 1. The number of benzene rings is 2. The zero-order valence-electron chi connectivity index (χ0n) is 19.0. The smallest absolute Gasteiger partial charge is 0.248 e. The minimum Gasteiger partial charge on any atom is -0.490 e. The van der Waals surface area contributed by atoms with Crippen molar-refractivity contribution in [2.45, 2.75) is 32.8 Å². The van der Waals surface area contributed by atoms with E-state index in [1.165, 1.54) is 5.56 Å². The number of ether oxygens (including phenoxy) is 1. The van der Waals surface area contributed by atoms with Gasteiger partial charge in [-0.3, -0.25) is 4.79 Å². The molecule has 0 bridgehead atoms. The number of nitrogens with one attached hydrogen (secondary N) is 1. The SMILES string of the molecule is CCC(C)Oc1ccccc1/C=C/C(=O)Nc1ccc(CCN2CCN(C)CC2)cc1. The molecule has 166 valence electrons. The molecular formula is C26H35N3O2. The van der Waals surface area contributed by atoms with Gasteiger partial charge in [-0.15, -0.1) is 0 Å². The molecule has 0 aliphatic carbocycles. The molecule has 1 fully saturated rings. The molecule has 1 N–H and O–H groups in total. The first-order valence-electron chi connectivity index (χ1n) is 11.3. The Morgan fingerprint density at radius 1 is 1.10 bits per heavy atom. The molecule has 1 unspecified atom stereocenters. The first-order chi connectivity index (χ1) is 15.0. The van der Waals surface area contributed by atoms with Gasteiger partial charge in [0.25, 0.3) is 0 Å². The summed E-state index contributed by atoms with van der Waals surface area (Å²) in [5, 5.41) is 2.94. The first kappa shape index (κ1) is 23.0. The van der Waals surface area contributed by atoms with Crippen LogP contribution in [0.4, 0.5) is 5.69 Å². The van der Waals surface area contributed by atoms with Crippen LogP contribution in [-0.4, -0.2) is 61.6 Å². The van der Waals surface area contributed by atoms with E-state index in [-0.39, 0.29) is 12.0 Å². The van der Waals surface area contributed by atoms with Gasteiger partial charge < -0.3 is 19.9 Å². The van der Waals surface area contributed by atoms with Crippen molar-refractivity contribution in [1.82, 2.24) is 9.80 Å². The molecular weight excluding hydrogens is 386 g/mol. The van der Waals surface area contributed by atoms with Crippen LogP contribution in [0, 0.1) is 0 Å². The lowest BCUT2D eigenvalue weighted by Crippen LogP contribution is -2.45. The van der Waals surface area contributed by atoms with Gasteiger partial charge >= 0.3 is 0 Å². The average molecular weight is 422 g/mol. The summed E-state index contributed by atoms with van der Waals surface area (Å²) in [7, 11) is 2.18. The van der Waals surface area contributed by atoms with E-state index in [2.05, 4.69) is 41.2 Å². The maximum atomic E-state index is 12.4. The molecule has 3 rings (SSSR count). The lowest BCUT2D eigenvalue weighted by atomic mass is 10.1. The number of likely N-dealkylation sites (N-methyl/N-ethyl adjacent to an activating group) is 1. The quantitative estimate of drug-likeness (QED) is 0.613. The highest BCUT2D eigenvalue weighted by Crippen LogP contribution is 2.21. The first-order valence-corrected chi connectivity index (χ1v) is 11.3. The van der Waals surface area contributed by atoms with Crippen LogP contribution in [0.15, 0.2) is 54.6 Å². The van der Waals surface area contributed by atoms with E-state index in [1.807, 2.05) is 43.3 Å². The largest absolute Gasteiger partial charge is 0.490 e. The standard InChI is InChI=1S/C26H35N3O2/c1-4-21(2)31-25-8-6-5-7-23(25)11-14-26(30)27-24-12-9-22(10-13-24)15-16-29-19-17-28(3)18-20-29/h5-14,21H,4,15-20H2,1-3H3,(H,27,30)/b14-11+. The second-order valence-electron chi connectivity index (χ2n) is 8.29. The van der Waals surface area contributed by atoms with Crippen molar-refractivity contribution in [1.29, 1.82) is 0 Å². The molecule has 2 aromatic carbocycles. The lowest BCUT2D eigenvalue weighted by Gasteiger charge is -2.32. The van der Waals surface area contributed by atoms with Crippen molar-refractivity contribution in [3.8, 4) is 5.75 Å². The van der Waals surface area contributed by atoms with Gasteiger partial charge in [0, 0.05) is 50.1 Å². The number of hydrogen-bond donors (Lipinski definition) is 1. The van der Waals surface area contributed by atoms with Gasteiger partial charge in [0.1, 0.15) is 5.75 Å². The number of hydrogen-bond acceptors (Lipinski definition) is 4. The maximum Gasteiger partial charge on any atom is 0.248 e. The van der Waals surface area contributed by atoms with Gasteiger partial charge in [0.2, 0.25) is 5.91 Å². The number of carbonyl (C=O) groups is 1. The van der Waals surface area contributed by atoms with Crippen LogP contribution >= 0.6 is 0 Å². The summed E-state index contributed by atoms with van der Waals surface area (Å²) in [4.78, 5) is 17.3. The molecule has 5 heteroatoms. The van der Waals surface area contributed by atoms with Crippen molar-refractivity contribution >= 4 is 17.7 Å². The third-order valence-corrected chi connectivity index (χ3v) is 5.77. The Hall–Kier alpha value is -2.63. The molecule has 1 aliphatic rings. The van der Waals surface area contributed by atoms with Crippen LogP contribution in [-0.2, 0) is 11.2 Å². The van der Waals surface area contributed by atoms with E-state index in [4.69, 9.17) is 4.74 Å². The van der Waals surface area contributed by atoms with E-state index in [1.54, 1.807) is 12.2 Å². The fourth-order valence-electron chi connectivity index (χ4n) is 3.49. The topological polar surface area (TPSA) is 44.8 Å². The Kier molecular flexibility index (Phi) is 8.68. The van der Waals surface area contributed by atoms with Gasteiger partial charge in [0.05, 0.1) is 6.10 Å². The number of carbonyl (C=O) groups excluding carboxylic acids is 1. The molecule has 31 heavy (non-hydrogen) atoms. The average Bonchev–Trinajstić information content (AvgIpc) is 2.79. The Morgan fingerprint density at radius 3 is 2.52 bits per heavy atom. The molecule has 0 radical (unpaired) electrons. The molecule has 1 saturated heterocycles. The van der Waals surface area contributed by atoms with Crippen LogP contribution in [0.5, 0.6) is 5.75 Å². The summed E-state index contributed by atoms with van der Waals surface area (Å²) in [6, 6.07) is 15.9. The number of amides is 1. The zero-order chi connectivity index (χ0) is 22.1. The fraction of sp³-hybridized carbons (Fsp3) is 0.423. The molecule has 2 aromatic rings. The molecule has 0 spiro atoms. The van der Waals surface area contributed by atoms with Gasteiger partial charge in [-0.1, -0.05) is 37.3 Å². The van der Waals surface area contributed by atoms with Crippen LogP contribution in [0.2, 0.25) is 0 Å². The van der Waals surface area contributed by atoms with Crippen molar-refractivity contribution in [2.24, 2.45) is 0 Å². The Balaban J connectivity index is 1.49. The highest BCUT2D eigenvalue weighted by Gasteiger charge is 2.13. The zero-order valence-corrected chi connectivity index (χ0v) is 19.0. The Labute approximate surface area is 186 Å². The van der Waals surface area contributed by atoms with Gasteiger partial charge in [-0.2, -0.15) is 0 Å². The second-order valence-corrected chi connectivity index (χ2v) is 8.29. The molecule has 1 aliphatic heterocycles. The van der Waals surface area contributed by atoms with Crippen LogP contribution in [0.1, 0.15) is 31.4 Å². The lowest BCUT2D eigenvalue weighted by molar-refractivity contribution is -0.111. The fourth-order valence-corrected chi connectivity index (χ4v) is 3.49. The predicted molar refractivity (Wildman–Crippen MR) is 129 cm³/mol. The summed E-state index contributed by atoms with van der Waals surface area (Å²) >= 11 is 0. The number of rotatable bonds is 9. The summed E-state index contributed by atoms with van der Waals surface area (Å²) in [5.41, 5.74) is 3.00. The summed E-state index contributed by atoms with van der Waals surface area (Å²) in [6.45, 7) is 9.79. The van der Waals surface area contributed by atoms with Crippen molar-refractivity contribution < 1.29 is 9.53 Å². The van der Waals surface area contributed by atoms with E-state index in [9.17, 15) is 4.79 Å². The van der Waals surface area contributed by atoms with Gasteiger partial charge in [-0.05, 0) is 56.7 Å². The minimum absolute atomic E-state index is 0.137. The highest BCUT2D eigenvalue weighted by molar-refractivity contribution is 6.02. The molecule has 0 saturated carbocycles. The summed E-state index contributed by atoms with van der Waals surface area (Å²) in [6.07, 6.45) is 5.46. The Morgan fingerprint density at radius 2 is 1.81 bits per heavy atom. The summed E-state index contributed by atoms with van der Waals surface area (Å²) < 4.78 is 5.94. The molecule has 1 atom stereocenters. The molecule has 5 nitrogen and oxygen atoms in total.